The molecule has 1 aliphatic carbocycles. The molecule has 1 aliphatic rings. The zero-order chi connectivity index (χ0) is 22.5. The Balaban J connectivity index is 1.53. The molecule has 0 N–H and O–H groups in total. The minimum atomic E-state index is -0.314. The summed E-state index contributed by atoms with van der Waals surface area (Å²) in [5.74, 6) is 0.519. The van der Waals surface area contributed by atoms with Crippen LogP contribution < -0.4 is 4.74 Å². The number of carbonyl (C=O) groups excluding carboxylic acids is 1. The van der Waals surface area contributed by atoms with Crippen molar-refractivity contribution in [1.29, 1.82) is 0 Å². The Morgan fingerprint density at radius 1 is 0.968 bits per heavy atom. The Morgan fingerprint density at radius 2 is 1.61 bits per heavy atom. The zero-order valence-electron chi connectivity index (χ0n) is 19.7. The summed E-state index contributed by atoms with van der Waals surface area (Å²) in [6.07, 6.45) is 11.5. The number of unbranched alkanes of at least 4 members (excludes halogenated alkanes) is 4. The van der Waals surface area contributed by atoms with E-state index in [1.165, 1.54) is 45.2 Å². The van der Waals surface area contributed by atoms with Gasteiger partial charge in [-0.3, -0.25) is 0 Å². The normalized spacial score (nSPS) is 18.9. The van der Waals surface area contributed by atoms with Gasteiger partial charge in [-0.25, -0.2) is 4.79 Å². The summed E-state index contributed by atoms with van der Waals surface area (Å²) in [5.41, 5.74) is 0. The van der Waals surface area contributed by atoms with Crippen LogP contribution in [0.5, 0.6) is 5.75 Å². The molecule has 0 saturated heterocycles. The summed E-state index contributed by atoms with van der Waals surface area (Å²) in [4.78, 5) is 16.6. The standard InChI is InChI=1S/C25H41ClN2O3/c1-4-5-7-18-27(2)19-8-6-9-20-30-23-16-12-22(13-17-23)28(3)25(29)31-24-14-10-21(26)11-15-24/h10-11,14-15,22-23H,4-9,12-13,16-20H2,1-3H3. The highest BCUT2D eigenvalue weighted by Crippen LogP contribution is 2.26. The highest BCUT2D eigenvalue weighted by molar-refractivity contribution is 6.30. The molecule has 0 heterocycles. The van der Waals surface area contributed by atoms with Gasteiger partial charge in [0.15, 0.2) is 0 Å². The first-order chi connectivity index (χ1) is 15.0. The van der Waals surface area contributed by atoms with Gasteiger partial charge in [0.1, 0.15) is 5.75 Å². The molecule has 0 aliphatic heterocycles. The van der Waals surface area contributed by atoms with Crippen molar-refractivity contribution in [3.63, 3.8) is 0 Å². The molecule has 0 unspecified atom stereocenters. The fourth-order valence-electron chi connectivity index (χ4n) is 4.08. The number of nitrogens with zero attached hydrogens (tertiary/aromatic N) is 2. The topological polar surface area (TPSA) is 42.0 Å². The van der Waals surface area contributed by atoms with E-state index in [-0.39, 0.29) is 12.1 Å². The van der Waals surface area contributed by atoms with Crippen LogP contribution in [-0.2, 0) is 4.74 Å². The molecular formula is C25H41ClN2O3. The van der Waals surface area contributed by atoms with E-state index in [1.807, 2.05) is 7.05 Å². The minimum absolute atomic E-state index is 0.211. The Bertz CT molecular complexity index is 618. The summed E-state index contributed by atoms with van der Waals surface area (Å²) >= 11 is 5.88. The first-order valence-electron chi connectivity index (χ1n) is 12.0. The molecule has 1 aromatic carbocycles. The van der Waals surface area contributed by atoms with Crippen LogP contribution in [0.25, 0.3) is 0 Å². The second kappa shape index (κ2) is 14.7. The second-order valence-electron chi connectivity index (χ2n) is 8.81. The average Bonchev–Trinajstić information content (AvgIpc) is 2.77. The number of halogens is 1. The number of benzene rings is 1. The van der Waals surface area contributed by atoms with Crippen molar-refractivity contribution >= 4 is 17.7 Å². The quantitative estimate of drug-likeness (QED) is 0.325. The first kappa shape index (κ1) is 26.0. The van der Waals surface area contributed by atoms with Crippen LogP contribution in [0.2, 0.25) is 5.02 Å². The van der Waals surface area contributed by atoms with Crippen LogP contribution in [0.3, 0.4) is 0 Å². The van der Waals surface area contributed by atoms with Gasteiger partial charge in [0.05, 0.1) is 6.10 Å². The van der Waals surface area contributed by atoms with Crippen molar-refractivity contribution in [3.8, 4) is 5.75 Å². The molecule has 176 valence electrons. The molecular weight excluding hydrogens is 412 g/mol. The molecule has 1 saturated carbocycles. The van der Waals surface area contributed by atoms with E-state index >= 15 is 0 Å². The summed E-state index contributed by atoms with van der Waals surface area (Å²) in [7, 11) is 4.05. The van der Waals surface area contributed by atoms with E-state index in [4.69, 9.17) is 21.1 Å². The maximum atomic E-state index is 12.4. The molecule has 1 fully saturated rings. The van der Waals surface area contributed by atoms with Crippen molar-refractivity contribution in [3.05, 3.63) is 29.3 Å². The third-order valence-electron chi connectivity index (χ3n) is 6.18. The van der Waals surface area contributed by atoms with Crippen LogP contribution in [0.4, 0.5) is 4.79 Å². The van der Waals surface area contributed by atoms with Crippen molar-refractivity contribution in [2.24, 2.45) is 0 Å². The molecule has 6 heteroatoms. The van der Waals surface area contributed by atoms with Gasteiger partial charge >= 0.3 is 6.09 Å². The van der Waals surface area contributed by atoms with Gasteiger partial charge in [-0.1, -0.05) is 31.4 Å². The number of amides is 1. The fourth-order valence-corrected chi connectivity index (χ4v) is 4.20. The summed E-state index contributed by atoms with van der Waals surface area (Å²) in [5, 5.41) is 0.626. The molecule has 0 radical (unpaired) electrons. The highest BCUT2D eigenvalue weighted by Gasteiger charge is 2.27. The lowest BCUT2D eigenvalue weighted by atomic mass is 9.92. The smallest absolute Gasteiger partial charge is 0.410 e. The number of hydrogen-bond acceptors (Lipinski definition) is 4. The lowest BCUT2D eigenvalue weighted by molar-refractivity contribution is 0.0104. The van der Waals surface area contributed by atoms with E-state index in [0.29, 0.717) is 16.9 Å². The van der Waals surface area contributed by atoms with Crippen LogP contribution >= 0.6 is 11.6 Å². The zero-order valence-corrected chi connectivity index (χ0v) is 20.4. The number of rotatable bonds is 13. The Kier molecular flexibility index (Phi) is 12.3. The number of carbonyl (C=O) groups is 1. The van der Waals surface area contributed by atoms with E-state index in [1.54, 1.807) is 29.2 Å². The van der Waals surface area contributed by atoms with Crippen LogP contribution in [0, 0.1) is 0 Å². The largest absolute Gasteiger partial charge is 0.415 e. The van der Waals surface area contributed by atoms with E-state index in [9.17, 15) is 4.79 Å². The van der Waals surface area contributed by atoms with Crippen molar-refractivity contribution in [2.75, 3.05) is 33.8 Å². The van der Waals surface area contributed by atoms with E-state index in [0.717, 1.165) is 38.7 Å². The number of ether oxygens (including phenoxy) is 2. The predicted octanol–water partition coefficient (Wildman–Crippen LogP) is 6.39. The summed E-state index contributed by atoms with van der Waals surface area (Å²) in [6.45, 7) is 5.51. The molecule has 0 atom stereocenters. The molecule has 2 rings (SSSR count). The molecule has 0 spiro atoms. The molecule has 0 bridgehead atoms. The van der Waals surface area contributed by atoms with Crippen LogP contribution in [0.1, 0.15) is 71.1 Å². The summed E-state index contributed by atoms with van der Waals surface area (Å²) in [6, 6.07) is 7.08. The third-order valence-corrected chi connectivity index (χ3v) is 6.43. The Morgan fingerprint density at radius 3 is 2.26 bits per heavy atom. The van der Waals surface area contributed by atoms with Gasteiger partial charge < -0.3 is 19.3 Å². The van der Waals surface area contributed by atoms with Gasteiger partial charge in [-0.15, -0.1) is 0 Å². The molecule has 5 nitrogen and oxygen atoms in total. The van der Waals surface area contributed by atoms with Gasteiger partial charge in [0.25, 0.3) is 0 Å². The van der Waals surface area contributed by atoms with Gasteiger partial charge in [-0.05, 0) is 95.8 Å². The predicted molar refractivity (Wildman–Crippen MR) is 128 cm³/mol. The van der Waals surface area contributed by atoms with Gasteiger partial charge in [0.2, 0.25) is 0 Å². The minimum Gasteiger partial charge on any atom is -0.410 e. The lowest BCUT2D eigenvalue weighted by Gasteiger charge is -2.34. The van der Waals surface area contributed by atoms with Gasteiger partial charge in [0, 0.05) is 24.7 Å². The van der Waals surface area contributed by atoms with Crippen molar-refractivity contribution in [1.82, 2.24) is 9.80 Å². The summed E-state index contributed by atoms with van der Waals surface area (Å²) < 4.78 is 11.6. The molecule has 31 heavy (non-hydrogen) atoms. The van der Waals surface area contributed by atoms with Gasteiger partial charge in [-0.2, -0.15) is 0 Å². The number of hydrogen-bond donors (Lipinski definition) is 0. The highest BCUT2D eigenvalue weighted by atomic mass is 35.5. The lowest BCUT2D eigenvalue weighted by Crippen LogP contribution is -2.42. The second-order valence-corrected chi connectivity index (χ2v) is 9.24. The average molecular weight is 453 g/mol. The fraction of sp³-hybridized carbons (Fsp3) is 0.720. The monoisotopic (exact) mass is 452 g/mol. The first-order valence-corrected chi connectivity index (χ1v) is 12.4. The van der Waals surface area contributed by atoms with Crippen molar-refractivity contribution < 1.29 is 14.3 Å². The molecule has 1 aromatic rings. The van der Waals surface area contributed by atoms with Crippen molar-refractivity contribution in [2.45, 2.75) is 83.3 Å². The maximum Gasteiger partial charge on any atom is 0.415 e. The van der Waals surface area contributed by atoms with E-state index < -0.39 is 0 Å². The third kappa shape index (κ3) is 10.2. The SMILES string of the molecule is CCCCCN(C)CCCCCOC1CCC(N(C)C(=O)Oc2ccc(Cl)cc2)CC1. The van der Waals surface area contributed by atoms with Crippen LogP contribution in [-0.4, -0.2) is 61.8 Å². The van der Waals surface area contributed by atoms with Crippen LogP contribution in [0.15, 0.2) is 24.3 Å². The molecule has 1 amide bonds. The Labute approximate surface area is 194 Å². The van der Waals surface area contributed by atoms with E-state index in [2.05, 4.69) is 18.9 Å². The maximum absolute atomic E-state index is 12.4. The Hall–Kier alpha value is -1.30. The molecule has 0 aromatic heterocycles.